The molecule has 2 aliphatic rings. The summed E-state index contributed by atoms with van der Waals surface area (Å²) in [6.45, 7) is 3.73. The fraction of sp³-hybridized carbons (Fsp3) is 0.750. The molecule has 0 aliphatic carbocycles. The van der Waals surface area contributed by atoms with Crippen LogP contribution in [0.25, 0.3) is 0 Å². The molecule has 2 heterocycles. The Balaban J connectivity index is 2.10. The number of carbonyl (C=O) groups excluding carboxylic acids is 1. The van der Waals surface area contributed by atoms with Crippen molar-refractivity contribution >= 4 is 13.7 Å². The number of terminal acetylenes is 1. The number of hydrogen-bond acceptors (Lipinski definition) is 5. The summed E-state index contributed by atoms with van der Waals surface area (Å²) < 4.78 is 32.2. The van der Waals surface area contributed by atoms with E-state index in [1.54, 1.807) is 9.34 Å². The molecule has 8 nitrogen and oxygen atoms in total. The quantitative estimate of drug-likeness (QED) is 0.582. The second kappa shape index (κ2) is 7.78. The molecule has 0 radical (unpaired) electrons. The SMILES string of the molecule is C#CCOC(=O)NP(=O)(N1CCOCC1)N1CCOCC1. The van der Waals surface area contributed by atoms with E-state index in [9.17, 15) is 9.36 Å². The van der Waals surface area contributed by atoms with Crippen LogP contribution in [0.2, 0.25) is 0 Å². The first kappa shape index (κ1) is 16.3. The lowest BCUT2D eigenvalue weighted by atomic mass is 10.5. The number of carbonyl (C=O) groups is 1. The van der Waals surface area contributed by atoms with Crippen molar-refractivity contribution in [3.8, 4) is 12.3 Å². The van der Waals surface area contributed by atoms with Gasteiger partial charge in [-0.1, -0.05) is 5.92 Å². The molecule has 2 fully saturated rings. The highest BCUT2D eigenvalue weighted by Gasteiger charge is 2.40. The van der Waals surface area contributed by atoms with Gasteiger partial charge in [0, 0.05) is 26.2 Å². The summed E-state index contributed by atoms with van der Waals surface area (Å²) in [6, 6.07) is 0. The molecule has 0 unspecified atom stereocenters. The second-order valence-corrected chi connectivity index (χ2v) is 7.01. The van der Waals surface area contributed by atoms with E-state index in [2.05, 4.69) is 11.0 Å². The number of nitrogens with one attached hydrogen (secondary N) is 1. The van der Waals surface area contributed by atoms with Crippen LogP contribution in [0.4, 0.5) is 4.79 Å². The lowest BCUT2D eigenvalue weighted by Crippen LogP contribution is -2.48. The molecule has 2 aliphatic heterocycles. The molecule has 1 amide bonds. The van der Waals surface area contributed by atoms with Crippen LogP contribution in [-0.4, -0.2) is 74.6 Å². The summed E-state index contributed by atoms with van der Waals surface area (Å²) in [5.41, 5.74) is 0. The minimum absolute atomic E-state index is 0.155. The van der Waals surface area contributed by atoms with Crippen LogP contribution in [0.15, 0.2) is 0 Å². The Kier molecular flexibility index (Phi) is 6.03. The normalized spacial score (nSPS) is 21.5. The summed E-state index contributed by atoms with van der Waals surface area (Å²) in [7, 11) is -3.25. The number of amides is 1. The van der Waals surface area contributed by atoms with Crippen LogP contribution in [-0.2, 0) is 18.8 Å². The van der Waals surface area contributed by atoms with Crippen LogP contribution in [0, 0.1) is 12.3 Å². The molecule has 0 spiro atoms. The summed E-state index contributed by atoms with van der Waals surface area (Å²) in [4.78, 5) is 11.8. The van der Waals surface area contributed by atoms with Gasteiger partial charge in [-0.2, -0.15) is 0 Å². The van der Waals surface area contributed by atoms with Crippen LogP contribution in [0.5, 0.6) is 0 Å². The maximum atomic E-state index is 13.4. The first-order valence-electron chi connectivity index (χ1n) is 6.81. The molecule has 0 atom stereocenters. The number of ether oxygens (including phenoxy) is 3. The largest absolute Gasteiger partial charge is 0.436 e. The highest BCUT2D eigenvalue weighted by atomic mass is 31.2. The summed E-state index contributed by atoms with van der Waals surface area (Å²) >= 11 is 0. The molecule has 0 aromatic carbocycles. The van der Waals surface area contributed by atoms with E-state index in [1.165, 1.54) is 0 Å². The summed E-state index contributed by atoms with van der Waals surface area (Å²) in [5, 5.41) is 2.51. The molecule has 0 saturated carbocycles. The highest BCUT2D eigenvalue weighted by molar-refractivity contribution is 7.57. The molecule has 9 heteroatoms. The van der Waals surface area contributed by atoms with Crippen LogP contribution in [0.3, 0.4) is 0 Å². The van der Waals surface area contributed by atoms with E-state index in [-0.39, 0.29) is 6.61 Å². The third-order valence-electron chi connectivity index (χ3n) is 3.27. The highest BCUT2D eigenvalue weighted by Crippen LogP contribution is 2.49. The number of rotatable bonds is 4. The Labute approximate surface area is 124 Å². The molecular formula is C12H20N3O5P. The zero-order valence-corrected chi connectivity index (χ0v) is 12.7. The van der Waals surface area contributed by atoms with Crippen LogP contribution in [0.1, 0.15) is 0 Å². The number of hydrogen-bond donors (Lipinski definition) is 1. The van der Waals surface area contributed by atoms with Gasteiger partial charge in [-0.3, -0.25) is 4.57 Å². The summed E-state index contributed by atoms with van der Waals surface area (Å²) in [6.07, 6.45) is 4.28. The zero-order valence-electron chi connectivity index (χ0n) is 11.8. The maximum Gasteiger partial charge on any atom is 0.415 e. The molecule has 0 aromatic rings. The van der Waals surface area contributed by atoms with E-state index < -0.39 is 13.7 Å². The molecule has 2 rings (SSSR count). The average molecular weight is 317 g/mol. The smallest absolute Gasteiger partial charge is 0.415 e. The lowest BCUT2D eigenvalue weighted by molar-refractivity contribution is 0.0507. The van der Waals surface area contributed by atoms with Crippen molar-refractivity contribution in [1.82, 2.24) is 14.4 Å². The summed E-state index contributed by atoms with van der Waals surface area (Å²) in [5.74, 6) is 2.20. The lowest BCUT2D eigenvalue weighted by Gasteiger charge is -2.41. The molecule has 0 aromatic heterocycles. The van der Waals surface area contributed by atoms with Crippen molar-refractivity contribution in [2.45, 2.75) is 0 Å². The van der Waals surface area contributed by atoms with Gasteiger partial charge in [0.2, 0.25) is 0 Å². The minimum Gasteiger partial charge on any atom is -0.436 e. The Bertz CT molecular complexity index is 419. The first-order chi connectivity index (χ1) is 10.2. The fourth-order valence-corrected chi connectivity index (χ4v) is 4.58. The van der Waals surface area contributed by atoms with E-state index >= 15 is 0 Å². The van der Waals surface area contributed by atoms with Crippen molar-refractivity contribution < 1.29 is 23.6 Å². The fourth-order valence-electron chi connectivity index (χ4n) is 2.23. The Morgan fingerprint density at radius 3 is 2.05 bits per heavy atom. The van der Waals surface area contributed by atoms with Gasteiger partial charge in [-0.25, -0.2) is 19.2 Å². The third-order valence-corrected chi connectivity index (χ3v) is 6.07. The van der Waals surface area contributed by atoms with Gasteiger partial charge in [0.15, 0.2) is 6.61 Å². The van der Waals surface area contributed by atoms with Crippen molar-refractivity contribution in [1.29, 1.82) is 0 Å². The van der Waals surface area contributed by atoms with Gasteiger partial charge in [-0.15, -0.1) is 6.42 Å². The van der Waals surface area contributed by atoms with Gasteiger partial charge in [0.1, 0.15) is 0 Å². The molecule has 1 N–H and O–H groups in total. The van der Waals surface area contributed by atoms with Crippen molar-refractivity contribution in [2.75, 3.05) is 59.2 Å². The van der Waals surface area contributed by atoms with Crippen molar-refractivity contribution in [3.05, 3.63) is 0 Å². The van der Waals surface area contributed by atoms with Crippen LogP contribution < -0.4 is 5.09 Å². The standard InChI is InChI=1S/C12H20N3O5P/c1-2-7-20-12(16)13-21(17,14-3-8-18-9-4-14)15-5-10-19-11-6-15/h1H,3-11H2,(H,13,16,17). The van der Waals surface area contributed by atoms with E-state index in [4.69, 9.17) is 20.6 Å². The van der Waals surface area contributed by atoms with Gasteiger partial charge < -0.3 is 14.2 Å². The maximum absolute atomic E-state index is 13.4. The topological polar surface area (TPSA) is 80.3 Å². The van der Waals surface area contributed by atoms with E-state index in [0.717, 1.165) is 0 Å². The number of morpholine rings is 2. The third kappa shape index (κ3) is 4.19. The van der Waals surface area contributed by atoms with Gasteiger partial charge >= 0.3 is 13.7 Å². The molecule has 2 saturated heterocycles. The second-order valence-electron chi connectivity index (χ2n) is 4.57. The molecule has 0 bridgehead atoms. The predicted molar refractivity (Wildman–Crippen MR) is 75.7 cm³/mol. The van der Waals surface area contributed by atoms with E-state index in [0.29, 0.717) is 52.6 Å². The monoisotopic (exact) mass is 317 g/mol. The Morgan fingerprint density at radius 2 is 1.62 bits per heavy atom. The molecule has 118 valence electrons. The van der Waals surface area contributed by atoms with Gasteiger partial charge in [-0.05, 0) is 0 Å². The minimum atomic E-state index is -3.25. The van der Waals surface area contributed by atoms with Gasteiger partial charge in [0.05, 0.1) is 26.4 Å². The van der Waals surface area contributed by atoms with Crippen molar-refractivity contribution in [2.24, 2.45) is 0 Å². The zero-order chi connectivity index (χ0) is 15.1. The van der Waals surface area contributed by atoms with Crippen LogP contribution >= 0.6 is 7.59 Å². The Hall–Kier alpha value is -1.10. The van der Waals surface area contributed by atoms with Gasteiger partial charge in [0.25, 0.3) is 0 Å². The predicted octanol–water partition coefficient (Wildman–Crippen LogP) is 0.118. The average Bonchev–Trinajstić information content (AvgIpc) is 2.54. The number of nitrogens with zero attached hydrogens (tertiary/aromatic N) is 2. The Morgan fingerprint density at radius 1 is 1.14 bits per heavy atom. The molecular weight excluding hydrogens is 297 g/mol. The first-order valence-corrected chi connectivity index (χ1v) is 8.43. The van der Waals surface area contributed by atoms with E-state index in [1.807, 2.05) is 0 Å². The van der Waals surface area contributed by atoms with Crippen molar-refractivity contribution in [3.63, 3.8) is 0 Å². The molecule has 21 heavy (non-hydrogen) atoms.